The van der Waals surface area contributed by atoms with Crippen LogP contribution in [-0.2, 0) is 22.4 Å². The maximum absolute atomic E-state index is 12.8. The summed E-state index contributed by atoms with van der Waals surface area (Å²) in [6.07, 6.45) is 8.64. The summed E-state index contributed by atoms with van der Waals surface area (Å²) in [6.45, 7) is 3.86. The Bertz CT molecular complexity index is 938. The van der Waals surface area contributed by atoms with E-state index in [9.17, 15) is 4.79 Å². The predicted octanol–water partition coefficient (Wildman–Crippen LogP) is 3.69. The fraction of sp³-hybridized carbons (Fsp3) is 0.409. The number of carbonyl (C=O) groups excluding carboxylic acids is 1. The third kappa shape index (κ3) is 3.13. The predicted molar refractivity (Wildman–Crippen MR) is 106 cm³/mol. The molecule has 0 bridgehead atoms. The van der Waals surface area contributed by atoms with Gasteiger partial charge in [-0.3, -0.25) is 4.98 Å². The Morgan fingerprint density at radius 2 is 2.14 bits per heavy atom. The summed E-state index contributed by atoms with van der Waals surface area (Å²) < 4.78 is 11.4. The van der Waals surface area contributed by atoms with Gasteiger partial charge >= 0.3 is 5.97 Å². The largest absolute Gasteiger partial charge is 0.463 e. The van der Waals surface area contributed by atoms with Gasteiger partial charge in [-0.25, -0.2) is 9.78 Å². The normalized spacial score (nSPS) is 18.6. The fourth-order valence-corrected chi connectivity index (χ4v) is 4.20. The van der Waals surface area contributed by atoms with Crippen LogP contribution in [-0.4, -0.2) is 22.5 Å². The number of aromatic nitrogens is 2. The minimum absolute atomic E-state index is 0.292. The number of aryl methyl sites for hydroxylation is 1. The first-order valence-corrected chi connectivity index (χ1v) is 9.88. The van der Waals surface area contributed by atoms with Crippen LogP contribution >= 0.6 is 0 Å². The van der Waals surface area contributed by atoms with Crippen molar-refractivity contribution in [2.45, 2.75) is 51.9 Å². The molecule has 3 heterocycles. The van der Waals surface area contributed by atoms with Gasteiger partial charge in [0.1, 0.15) is 5.76 Å². The molecule has 0 saturated carbocycles. The number of hydrogen-bond donors (Lipinski definition) is 1. The van der Waals surface area contributed by atoms with Crippen molar-refractivity contribution in [2.24, 2.45) is 0 Å². The first kappa shape index (κ1) is 18.5. The summed E-state index contributed by atoms with van der Waals surface area (Å²) >= 11 is 0. The summed E-state index contributed by atoms with van der Waals surface area (Å²) in [4.78, 5) is 21.9. The zero-order chi connectivity index (χ0) is 19.7. The van der Waals surface area contributed by atoms with Crippen molar-refractivity contribution < 1.29 is 14.3 Å². The lowest BCUT2D eigenvalue weighted by atomic mass is 9.81. The van der Waals surface area contributed by atoms with Gasteiger partial charge in [0.05, 0.1) is 23.7 Å². The van der Waals surface area contributed by atoms with E-state index in [0.717, 1.165) is 48.1 Å². The number of hydrogen-bond acceptors (Lipinski definition) is 6. The second kappa shape index (κ2) is 7.62. The van der Waals surface area contributed by atoms with Crippen LogP contribution in [0.3, 0.4) is 0 Å². The maximum atomic E-state index is 12.8. The molecule has 6 nitrogen and oxygen atoms in total. The van der Waals surface area contributed by atoms with Crippen LogP contribution in [0.15, 0.2) is 35.9 Å². The van der Waals surface area contributed by atoms with E-state index in [2.05, 4.69) is 4.98 Å². The molecule has 4 rings (SSSR count). The number of nitrogens with two attached hydrogens (primary N) is 1. The second-order valence-electron chi connectivity index (χ2n) is 7.24. The smallest absolute Gasteiger partial charge is 0.338 e. The number of fused-ring (bicyclic) bond motifs is 2. The fourth-order valence-electron chi connectivity index (χ4n) is 4.20. The van der Waals surface area contributed by atoms with Crippen molar-refractivity contribution in [1.29, 1.82) is 0 Å². The topological polar surface area (TPSA) is 87.3 Å². The number of nitrogen functional groups attached to an aromatic ring is 1. The van der Waals surface area contributed by atoms with Gasteiger partial charge in [0.15, 0.2) is 0 Å². The lowest BCUT2D eigenvalue weighted by Crippen LogP contribution is -2.25. The maximum Gasteiger partial charge on any atom is 0.338 e. The Hall–Kier alpha value is -2.89. The Balaban J connectivity index is 1.94. The highest BCUT2D eigenvalue weighted by Crippen LogP contribution is 2.47. The second-order valence-corrected chi connectivity index (χ2v) is 7.24. The van der Waals surface area contributed by atoms with Crippen LogP contribution in [0.5, 0.6) is 5.88 Å². The van der Waals surface area contributed by atoms with E-state index >= 15 is 0 Å². The van der Waals surface area contributed by atoms with Crippen LogP contribution in [0, 0.1) is 0 Å². The van der Waals surface area contributed by atoms with Crippen molar-refractivity contribution >= 4 is 11.7 Å². The molecule has 0 saturated heterocycles. The van der Waals surface area contributed by atoms with E-state index in [4.69, 9.17) is 20.2 Å². The molecule has 0 amide bonds. The number of ether oxygens (including phenoxy) is 2. The van der Waals surface area contributed by atoms with Gasteiger partial charge in [-0.05, 0) is 56.7 Å². The van der Waals surface area contributed by atoms with Crippen molar-refractivity contribution in [3.63, 3.8) is 0 Å². The third-order valence-electron chi connectivity index (χ3n) is 5.49. The SMILES string of the molecule is CCOC(=O)C1=C(C)Oc2nc3c(c(N)c2[C@H]1c1cccnc1)CCCCC3. The molecule has 146 valence electrons. The Morgan fingerprint density at radius 1 is 1.32 bits per heavy atom. The van der Waals surface area contributed by atoms with Gasteiger partial charge < -0.3 is 15.2 Å². The van der Waals surface area contributed by atoms with Crippen LogP contribution in [0.2, 0.25) is 0 Å². The molecule has 1 aliphatic carbocycles. The van der Waals surface area contributed by atoms with E-state index in [1.54, 1.807) is 26.2 Å². The van der Waals surface area contributed by atoms with Gasteiger partial charge in [-0.15, -0.1) is 0 Å². The third-order valence-corrected chi connectivity index (χ3v) is 5.49. The van der Waals surface area contributed by atoms with Crippen LogP contribution in [0.25, 0.3) is 0 Å². The van der Waals surface area contributed by atoms with Gasteiger partial charge in [-0.1, -0.05) is 12.5 Å². The minimum Gasteiger partial charge on any atom is -0.463 e. The highest BCUT2D eigenvalue weighted by atomic mass is 16.5. The molecule has 2 aromatic rings. The van der Waals surface area contributed by atoms with Crippen LogP contribution in [0.1, 0.15) is 61.4 Å². The number of anilines is 1. The molecule has 0 fully saturated rings. The van der Waals surface area contributed by atoms with Gasteiger partial charge in [-0.2, -0.15) is 0 Å². The average Bonchev–Trinajstić information content (AvgIpc) is 2.93. The molecular weight excluding hydrogens is 354 g/mol. The zero-order valence-corrected chi connectivity index (χ0v) is 16.3. The highest BCUT2D eigenvalue weighted by Gasteiger charge is 2.38. The molecule has 2 N–H and O–H groups in total. The summed E-state index contributed by atoms with van der Waals surface area (Å²) in [6, 6.07) is 3.81. The van der Waals surface area contributed by atoms with Crippen molar-refractivity contribution in [2.75, 3.05) is 12.3 Å². The number of carbonyl (C=O) groups is 1. The van der Waals surface area contributed by atoms with Gasteiger partial charge in [0.25, 0.3) is 0 Å². The van der Waals surface area contributed by atoms with Crippen molar-refractivity contribution in [3.05, 3.63) is 58.2 Å². The molecule has 2 aliphatic rings. The van der Waals surface area contributed by atoms with Gasteiger partial charge in [0.2, 0.25) is 5.88 Å². The number of rotatable bonds is 3. The number of esters is 1. The molecule has 1 atom stereocenters. The molecule has 2 aromatic heterocycles. The average molecular weight is 379 g/mol. The standard InChI is InChI=1S/C22H25N3O3/c1-3-27-22(26)17-13(2)28-21-19(18(17)14-8-7-11-24-12-14)20(23)15-9-5-4-6-10-16(15)25-21/h7-8,11-12,18H,3-6,9-10H2,1-2H3,(H2,23,25)/t18-/m0/s1. The van der Waals surface area contributed by atoms with Gasteiger partial charge in [0, 0.05) is 23.8 Å². The van der Waals surface area contributed by atoms with E-state index < -0.39 is 11.9 Å². The molecule has 0 spiro atoms. The van der Waals surface area contributed by atoms with E-state index in [-0.39, 0.29) is 0 Å². The Morgan fingerprint density at radius 3 is 2.89 bits per heavy atom. The van der Waals surface area contributed by atoms with Crippen molar-refractivity contribution in [3.8, 4) is 5.88 Å². The summed E-state index contributed by atoms with van der Waals surface area (Å²) in [5, 5.41) is 0. The molecule has 0 radical (unpaired) electrons. The van der Waals surface area contributed by atoms with E-state index in [1.807, 2.05) is 12.1 Å². The molecule has 0 aromatic carbocycles. The lowest BCUT2D eigenvalue weighted by molar-refractivity contribution is -0.139. The van der Waals surface area contributed by atoms with Crippen molar-refractivity contribution in [1.82, 2.24) is 9.97 Å². The highest BCUT2D eigenvalue weighted by molar-refractivity contribution is 5.93. The number of nitrogens with zero attached hydrogens (tertiary/aromatic N) is 2. The summed E-state index contributed by atoms with van der Waals surface area (Å²) in [5.41, 5.74) is 11.6. The summed E-state index contributed by atoms with van der Waals surface area (Å²) in [7, 11) is 0. The molecular formula is C22H25N3O3. The van der Waals surface area contributed by atoms with Crippen LogP contribution in [0.4, 0.5) is 5.69 Å². The first-order valence-electron chi connectivity index (χ1n) is 9.88. The molecule has 6 heteroatoms. The summed E-state index contributed by atoms with van der Waals surface area (Å²) in [5.74, 6) is 0.198. The molecule has 0 unspecified atom stereocenters. The quantitative estimate of drug-likeness (QED) is 0.646. The number of pyridine rings is 2. The van der Waals surface area contributed by atoms with E-state index in [0.29, 0.717) is 29.5 Å². The molecule has 28 heavy (non-hydrogen) atoms. The lowest BCUT2D eigenvalue weighted by Gasteiger charge is -2.30. The Labute approximate surface area is 164 Å². The minimum atomic E-state index is -0.405. The Kier molecular flexibility index (Phi) is 5.03. The zero-order valence-electron chi connectivity index (χ0n) is 16.3. The molecule has 1 aliphatic heterocycles. The first-order chi connectivity index (χ1) is 13.6. The monoisotopic (exact) mass is 379 g/mol. The van der Waals surface area contributed by atoms with Crippen LogP contribution < -0.4 is 10.5 Å². The van der Waals surface area contributed by atoms with E-state index in [1.165, 1.54) is 6.42 Å². The number of allylic oxidation sites excluding steroid dienone is 1.